The van der Waals surface area contributed by atoms with Crippen molar-refractivity contribution in [2.24, 2.45) is 4.99 Å². The van der Waals surface area contributed by atoms with Gasteiger partial charge in [-0.1, -0.05) is 25.0 Å². The number of rotatable bonds is 10. The van der Waals surface area contributed by atoms with E-state index in [1.165, 1.54) is 0 Å². The van der Waals surface area contributed by atoms with Crippen LogP contribution in [-0.4, -0.2) is 50.1 Å². The van der Waals surface area contributed by atoms with E-state index in [-0.39, 0.29) is 24.0 Å². The Kier molecular flexibility index (Phi) is 11.7. The van der Waals surface area contributed by atoms with Crippen molar-refractivity contribution in [2.75, 3.05) is 33.4 Å². The predicted octanol–water partition coefficient (Wildman–Crippen LogP) is 3.08. The second-order valence-electron chi connectivity index (χ2n) is 6.78. The third-order valence-corrected chi connectivity index (χ3v) is 4.66. The molecule has 0 spiro atoms. The molecule has 6 nitrogen and oxygen atoms in total. The Morgan fingerprint density at radius 1 is 1.19 bits per heavy atom. The van der Waals surface area contributed by atoms with E-state index in [0.717, 1.165) is 69.1 Å². The van der Waals surface area contributed by atoms with E-state index in [0.29, 0.717) is 13.1 Å². The zero-order valence-corrected chi connectivity index (χ0v) is 18.8. The number of guanidine groups is 1. The van der Waals surface area contributed by atoms with E-state index in [4.69, 9.17) is 9.47 Å². The fourth-order valence-corrected chi connectivity index (χ4v) is 3.06. The molecule has 154 valence electrons. The second kappa shape index (κ2) is 13.2. The predicted molar refractivity (Wildman–Crippen MR) is 120 cm³/mol. The lowest BCUT2D eigenvalue weighted by Gasteiger charge is -2.24. The van der Waals surface area contributed by atoms with Crippen LogP contribution in [0.1, 0.15) is 44.6 Å². The third kappa shape index (κ3) is 9.12. The minimum Gasteiger partial charge on any atom is -0.497 e. The summed E-state index contributed by atoms with van der Waals surface area (Å²) in [6, 6.07) is 7.91. The minimum atomic E-state index is -0.603. The molecule has 27 heavy (non-hydrogen) atoms. The van der Waals surface area contributed by atoms with Gasteiger partial charge in [0.1, 0.15) is 5.75 Å². The summed E-state index contributed by atoms with van der Waals surface area (Å²) in [7, 11) is 1.66. The van der Waals surface area contributed by atoms with Gasteiger partial charge in [-0.15, -0.1) is 24.0 Å². The van der Waals surface area contributed by atoms with E-state index in [1.54, 1.807) is 7.11 Å². The molecule has 1 aliphatic carbocycles. The normalized spacial score (nSPS) is 15.9. The maximum absolute atomic E-state index is 10.5. The lowest BCUT2D eigenvalue weighted by molar-refractivity contribution is 0.0521. The Morgan fingerprint density at radius 3 is 2.52 bits per heavy atom. The molecule has 0 heterocycles. The number of benzene rings is 1. The molecule has 0 atom stereocenters. The molecule has 1 fully saturated rings. The van der Waals surface area contributed by atoms with Crippen LogP contribution in [0.25, 0.3) is 0 Å². The molecule has 0 bridgehead atoms. The van der Waals surface area contributed by atoms with Gasteiger partial charge >= 0.3 is 0 Å². The number of hydrogen-bond donors (Lipinski definition) is 3. The highest BCUT2D eigenvalue weighted by Gasteiger charge is 2.30. The summed E-state index contributed by atoms with van der Waals surface area (Å²) in [6.45, 7) is 5.37. The fourth-order valence-electron chi connectivity index (χ4n) is 3.06. The average Bonchev–Trinajstić information content (AvgIpc) is 3.10. The van der Waals surface area contributed by atoms with Crippen LogP contribution >= 0.6 is 24.0 Å². The summed E-state index contributed by atoms with van der Waals surface area (Å²) >= 11 is 0. The maximum Gasteiger partial charge on any atom is 0.191 e. The molecule has 0 saturated heterocycles. The van der Waals surface area contributed by atoms with Crippen LogP contribution in [0, 0.1) is 0 Å². The van der Waals surface area contributed by atoms with Gasteiger partial charge in [-0.2, -0.15) is 0 Å². The van der Waals surface area contributed by atoms with E-state index in [2.05, 4.69) is 15.6 Å². The molecule has 3 N–H and O–H groups in total. The lowest BCUT2D eigenvalue weighted by atomic mass is 10.0. The molecular formula is C20H34IN3O3. The number of nitrogens with one attached hydrogen (secondary N) is 2. The number of methoxy groups -OCH3 is 1. The largest absolute Gasteiger partial charge is 0.497 e. The van der Waals surface area contributed by atoms with E-state index < -0.39 is 5.60 Å². The standard InChI is InChI=1S/C20H33N3O3.HI/c1-3-26-14-6-13-21-19(23-16-20(24)11-4-5-12-20)22-15-17-7-9-18(25-2)10-8-17;/h7-10,24H,3-6,11-16H2,1-2H3,(H2,21,22,23);1H. The van der Waals surface area contributed by atoms with Gasteiger partial charge in [0.2, 0.25) is 0 Å². The second-order valence-corrected chi connectivity index (χ2v) is 6.78. The van der Waals surface area contributed by atoms with Crippen molar-refractivity contribution < 1.29 is 14.6 Å². The van der Waals surface area contributed by atoms with Crippen LogP contribution in [0.15, 0.2) is 29.3 Å². The summed E-state index contributed by atoms with van der Waals surface area (Å²) in [6.07, 6.45) is 4.82. The molecule has 1 saturated carbocycles. The van der Waals surface area contributed by atoms with E-state index in [9.17, 15) is 5.11 Å². The molecule has 2 rings (SSSR count). The van der Waals surface area contributed by atoms with Crippen molar-refractivity contribution in [3.8, 4) is 5.75 Å². The highest BCUT2D eigenvalue weighted by atomic mass is 127. The van der Waals surface area contributed by atoms with Gasteiger partial charge in [0.25, 0.3) is 0 Å². The molecule has 0 radical (unpaired) electrons. The summed E-state index contributed by atoms with van der Waals surface area (Å²) in [5.74, 6) is 1.58. The summed E-state index contributed by atoms with van der Waals surface area (Å²) in [4.78, 5) is 4.66. The van der Waals surface area contributed by atoms with Gasteiger partial charge in [0.15, 0.2) is 5.96 Å². The van der Waals surface area contributed by atoms with E-state index in [1.807, 2.05) is 31.2 Å². The number of halogens is 1. The van der Waals surface area contributed by atoms with Crippen molar-refractivity contribution in [3.05, 3.63) is 29.8 Å². The van der Waals surface area contributed by atoms with E-state index >= 15 is 0 Å². The number of ether oxygens (including phenoxy) is 2. The van der Waals surface area contributed by atoms with Gasteiger partial charge in [-0.3, -0.25) is 0 Å². The van der Waals surface area contributed by atoms with Crippen LogP contribution in [0.3, 0.4) is 0 Å². The highest BCUT2D eigenvalue weighted by Crippen LogP contribution is 2.28. The third-order valence-electron chi connectivity index (χ3n) is 4.66. The molecule has 0 unspecified atom stereocenters. The molecule has 0 aromatic heterocycles. The van der Waals surface area contributed by atoms with Crippen molar-refractivity contribution in [1.82, 2.24) is 10.6 Å². The molecule has 1 aromatic rings. The first-order chi connectivity index (χ1) is 12.6. The quantitative estimate of drug-likeness (QED) is 0.203. The van der Waals surface area contributed by atoms with Crippen LogP contribution in [-0.2, 0) is 11.3 Å². The fraction of sp³-hybridized carbons (Fsp3) is 0.650. The molecule has 0 amide bonds. The van der Waals surface area contributed by atoms with Crippen LogP contribution < -0.4 is 15.4 Å². The summed E-state index contributed by atoms with van der Waals surface area (Å²) < 4.78 is 10.6. The first kappa shape index (κ1) is 24.0. The van der Waals surface area contributed by atoms with Gasteiger partial charge < -0.3 is 25.2 Å². The molecule has 7 heteroatoms. The Balaban J connectivity index is 0.00000364. The molecule has 1 aliphatic rings. The van der Waals surface area contributed by atoms with Crippen molar-refractivity contribution >= 4 is 29.9 Å². The van der Waals surface area contributed by atoms with Crippen molar-refractivity contribution in [1.29, 1.82) is 0 Å². The van der Waals surface area contributed by atoms with Gasteiger partial charge in [0, 0.05) is 26.3 Å². The van der Waals surface area contributed by atoms with Gasteiger partial charge in [-0.05, 0) is 43.9 Å². The number of nitrogens with zero attached hydrogens (tertiary/aromatic N) is 1. The average molecular weight is 491 g/mol. The van der Waals surface area contributed by atoms with Crippen molar-refractivity contribution in [2.45, 2.75) is 51.2 Å². The summed E-state index contributed by atoms with van der Waals surface area (Å²) in [5, 5.41) is 17.2. The highest BCUT2D eigenvalue weighted by molar-refractivity contribution is 14.0. The first-order valence-electron chi connectivity index (χ1n) is 9.60. The molecule has 0 aliphatic heterocycles. The Bertz CT molecular complexity index is 546. The Morgan fingerprint density at radius 2 is 1.89 bits per heavy atom. The lowest BCUT2D eigenvalue weighted by Crippen LogP contribution is -2.46. The van der Waals surface area contributed by atoms with Crippen molar-refractivity contribution in [3.63, 3.8) is 0 Å². The van der Waals surface area contributed by atoms with Crippen LogP contribution in [0.2, 0.25) is 0 Å². The maximum atomic E-state index is 10.5. The number of aliphatic imine (C=N–C) groups is 1. The Hall–Kier alpha value is -1.06. The van der Waals surface area contributed by atoms with Crippen LogP contribution in [0.4, 0.5) is 0 Å². The summed E-state index contributed by atoms with van der Waals surface area (Å²) in [5.41, 5.74) is 0.509. The molecular weight excluding hydrogens is 457 g/mol. The minimum absolute atomic E-state index is 0. The number of hydrogen-bond acceptors (Lipinski definition) is 4. The first-order valence-corrected chi connectivity index (χ1v) is 9.60. The molecule has 1 aromatic carbocycles. The zero-order valence-electron chi connectivity index (χ0n) is 16.5. The van der Waals surface area contributed by atoms with Gasteiger partial charge in [-0.25, -0.2) is 4.99 Å². The monoisotopic (exact) mass is 491 g/mol. The smallest absolute Gasteiger partial charge is 0.191 e. The Labute approximate surface area is 180 Å². The zero-order chi connectivity index (χ0) is 18.7. The number of aliphatic hydroxyl groups is 1. The topological polar surface area (TPSA) is 75.1 Å². The van der Waals surface area contributed by atoms with Crippen LogP contribution in [0.5, 0.6) is 5.75 Å². The SMILES string of the molecule is CCOCCCNC(=NCc1ccc(OC)cc1)NCC1(O)CCCC1.I. The van der Waals surface area contributed by atoms with Gasteiger partial charge in [0.05, 0.1) is 19.3 Å².